The van der Waals surface area contributed by atoms with Crippen LogP contribution in [0.25, 0.3) is 6.08 Å². The van der Waals surface area contributed by atoms with Crippen molar-refractivity contribution in [2.24, 2.45) is 0 Å². The molecule has 0 aliphatic heterocycles. The summed E-state index contributed by atoms with van der Waals surface area (Å²) in [4.78, 5) is 0. The highest BCUT2D eigenvalue weighted by molar-refractivity contribution is 5.53. The Hall–Kier alpha value is -2.36. The molecule has 1 aromatic carbocycles. The Morgan fingerprint density at radius 3 is 1.12 bits per heavy atom. The molecule has 0 radical (unpaired) electrons. The van der Waals surface area contributed by atoms with Crippen molar-refractivity contribution in [2.75, 3.05) is 13.2 Å². The van der Waals surface area contributed by atoms with Crippen LogP contribution in [0.4, 0.5) is 52.7 Å². The van der Waals surface area contributed by atoms with Gasteiger partial charge in [0.1, 0.15) is 24.7 Å². The van der Waals surface area contributed by atoms with Crippen molar-refractivity contribution in [2.45, 2.75) is 35.9 Å². The lowest BCUT2D eigenvalue weighted by Gasteiger charge is -2.32. The topological polar surface area (TPSA) is 58.9 Å². The van der Waals surface area contributed by atoms with E-state index in [9.17, 15) is 52.7 Å². The Kier molecular flexibility index (Phi) is 7.38. The molecule has 1 aromatic rings. The summed E-state index contributed by atoms with van der Waals surface area (Å²) in [6.07, 6.45) is -24.2. The standard InChI is InChI=1S/C16H12F12O4/c1-2-8-3-9(31-6-11(29,13(17,18)19)14(20,21)22)5-10(4-8)32-7-12(30,15(23,24)25)16(26,27)28/h2-5,29-30H,1,6-7H2. The summed E-state index contributed by atoms with van der Waals surface area (Å²) in [7, 11) is 0. The molecule has 0 heterocycles. The predicted molar refractivity (Wildman–Crippen MR) is 81.6 cm³/mol. The number of ether oxygens (including phenoxy) is 2. The van der Waals surface area contributed by atoms with Gasteiger partial charge in [0.15, 0.2) is 0 Å². The Balaban J connectivity index is 3.22. The van der Waals surface area contributed by atoms with Crippen LogP contribution in [0.5, 0.6) is 11.5 Å². The summed E-state index contributed by atoms with van der Waals surface area (Å²) >= 11 is 0. The van der Waals surface area contributed by atoms with Gasteiger partial charge in [0.2, 0.25) is 0 Å². The average molecular weight is 496 g/mol. The zero-order chi connectivity index (χ0) is 25.4. The first kappa shape index (κ1) is 27.7. The monoisotopic (exact) mass is 496 g/mol. The van der Waals surface area contributed by atoms with E-state index in [1.54, 1.807) is 0 Å². The lowest BCUT2D eigenvalue weighted by molar-refractivity contribution is -0.373. The normalized spacial score (nSPS) is 14.3. The molecule has 4 nitrogen and oxygen atoms in total. The molecule has 0 amide bonds. The number of aliphatic hydroxyl groups is 2. The van der Waals surface area contributed by atoms with Gasteiger partial charge in [-0.15, -0.1) is 0 Å². The third-order valence-electron chi connectivity index (χ3n) is 3.91. The fourth-order valence-corrected chi connectivity index (χ4v) is 1.90. The lowest BCUT2D eigenvalue weighted by Crippen LogP contribution is -2.60. The quantitative estimate of drug-likeness (QED) is 0.533. The van der Waals surface area contributed by atoms with Crippen molar-refractivity contribution >= 4 is 6.08 Å². The molecule has 0 saturated heterocycles. The van der Waals surface area contributed by atoms with Crippen LogP contribution in [0, 0.1) is 0 Å². The average Bonchev–Trinajstić information content (AvgIpc) is 2.60. The number of alkyl halides is 12. The van der Waals surface area contributed by atoms with E-state index in [4.69, 9.17) is 10.2 Å². The molecule has 0 spiro atoms. The molecular weight excluding hydrogens is 484 g/mol. The van der Waals surface area contributed by atoms with Crippen LogP contribution in [0.2, 0.25) is 0 Å². The van der Waals surface area contributed by atoms with Crippen LogP contribution in [-0.4, -0.2) is 59.3 Å². The molecule has 0 fully saturated rings. The zero-order valence-electron chi connectivity index (χ0n) is 15.2. The van der Waals surface area contributed by atoms with Crippen LogP contribution < -0.4 is 9.47 Å². The highest BCUT2D eigenvalue weighted by Gasteiger charge is 2.72. The molecular formula is C16H12F12O4. The first-order valence-corrected chi connectivity index (χ1v) is 7.84. The minimum atomic E-state index is -6.25. The Labute approximate surface area is 170 Å². The van der Waals surface area contributed by atoms with Gasteiger partial charge in [0, 0.05) is 6.07 Å². The van der Waals surface area contributed by atoms with Gasteiger partial charge in [0.05, 0.1) is 0 Å². The van der Waals surface area contributed by atoms with Crippen LogP contribution in [0.3, 0.4) is 0 Å². The predicted octanol–water partition coefficient (Wildman–Crippen LogP) is 4.80. The van der Waals surface area contributed by atoms with E-state index in [0.717, 1.165) is 6.08 Å². The second kappa shape index (κ2) is 8.53. The second-order valence-electron chi connectivity index (χ2n) is 6.23. The van der Waals surface area contributed by atoms with Gasteiger partial charge in [-0.2, -0.15) is 52.7 Å². The highest BCUT2D eigenvalue weighted by Crippen LogP contribution is 2.45. The molecule has 2 N–H and O–H groups in total. The van der Waals surface area contributed by atoms with E-state index in [0.29, 0.717) is 18.2 Å². The smallest absolute Gasteiger partial charge is 0.429 e. The third-order valence-corrected chi connectivity index (χ3v) is 3.91. The van der Waals surface area contributed by atoms with Crippen LogP contribution >= 0.6 is 0 Å². The number of benzene rings is 1. The largest absolute Gasteiger partial charge is 0.490 e. The fraction of sp³-hybridized carbons (Fsp3) is 0.500. The SMILES string of the molecule is C=Cc1cc(OCC(O)(C(F)(F)F)C(F)(F)F)cc(OCC(O)(C(F)(F)F)C(F)(F)F)c1. The maximum absolute atomic E-state index is 12.7. The van der Waals surface area contributed by atoms with E-state index in [1.807, 2.05) is 0 Å². The van der Waals surface area contributed by atoms with E-state index in [-0.39, 0.29) is 5.56 Å². The third kappa shape index (κ3) is 5.51. The molecule has 1 rings (SSSR count). The van der Waals surface area contributed by atoms with Crippen molar-refractivity contribution in [3.63, 3.8) is 0 Å². The van der Waals surface area contributed by atoms with E-state index >= 15 is 0 Å². The summed E-state index contributed by atoms with van der Waals surface area (Å²) in [5.41, 5.74) is -11.0. The van der Waals surface area contributed by atoms with Gasteiger partial charge in [-0.05, 0) is 17.7 Å². The summed E-state index contributed by atoms with van der Waals surface area (Å²) in [5, 5.41) is 18.0. The molecule has 0 aliphatic carbocycles. The van der Waals surface area contributed by atoms with Gasteiger partial charge >= 0.3 is 24.7 Å². The highest BCUT2D eigenvalue weighted by atomic mass is 19.4. The lowest BCUT2D eigenvalue weighted by atomic mass is 10.0. The molecule has 0 saturated carbocycles. The molecule has 0 aliphatic rings. The summed E-state index contributed by atoms with van der Waals surface area (Å²) < 4.78 is 161. The molecule has 0 aromatic heterocycles. The molecule has 184 valence electrons. The van der Waals surface area contributed by atoms with Gasteiger partial charge in [-0.25, -0.2) is 0 Å². The summed E-state index contributed by atoms with van der Waals surface area (Å²) in [5.74, 6) is -1.93. The number of hydrogen-bond donors (Lipinski definition) is 2. The first-order chi connectivity index (χ1) is 14.1. The first-order valence-electron chi connectivity index (χ1n) is 7.84. The minimum Gasteiger partial charge on any atom is -0.490 e. The minimum absolute atomic E-state index is 0.275. The fourth-order valence-electron chi connectivity index (χ4n) is 1.90. The maximum Gasteiger partial charge on any atom is 0.429 e. The van der Waals surface area contributed by atoms with Crippen molar-refractivity contribution in [1.29, 1.82) is 0 Å². The summed E-state index contributed by atoms with van der Waals surface area (Å²) in [6, 6.07) is 1.74. The van der Waals surface area contributed by atoms with Gasteiger partial charge < -0.3 is 19.7 Å². The van der Waals surface area contributed by atoms with Crippen LogP contribution in [-0.2, 0) is 0 Å². The van der Waals surface area contributed by atoms with Gasteiger partial charge in [-0.1, -0.05) is 12.7 Å². The van der Waals surface area contributed by atoms with Crippen LogP contribution in [0.1, 0.15) is 5.56 Å². The van der Waals surface area contributed by atoms with Crippen molar-refractivity contribution in [3.05, 3.63) is 30.3 Å². The van der Waals surface area contributed by atoms with Gasteiger partial charge in [-0.3, -0.25) is 0 Å². The Morgan fingerprint density at radius 2 is 0.906 bits per heavy atom. The zero-order valence-corrected chi connectivity index (χ0v) is 15.2. The van der Waals surface area contributed by atoms with Crippen molar-refractivity contribution in [1.82, 2.24) is 0 Å². The van der Waals surface area contributed by atoms with E-state index in [1.165, 1.54) is 0 Å². The number of halogens is 12. The van der Waals surface area contributed by atoms with Crippen molar-refractivity contribution < 1.29 is 72.4 Å². The molecule has 0 atom stereocenters. The van der Waals surface area contributed by atoms with Gasteiger partial charge in [0.25, 0.3) is 11.2 Å². The molecule has 16 heteroatoms. The van der Waals surface area contributed by atoms with E-state index in [2.05, 4.69) is 16.1 Å². The Morgan fingerprint density at radius 1 is 0.625 bits per heavy atom. The second-order valence-corrected chi connectivity index (χ2v) is 6.23. The van der Waals surface area contributed by atoms with Crippen molar-refractivity contribution in [3.8, 4) is 11.5 Å². The number of rotatable bonds is 7. The molecule has 0 bridgehead atoms. The molecule has 32 heavy (non-hydrogen) atoms. The van der Waals surface area contributed by atoms with Crippen LogP contribution in [0.15, 0.2) is 24.8 Å². The maximum atomic E-state index is 12.7. The Bertz CT molecular complexity index is 719. The summed E-state index contributed by atoms with van der Waals surface area (Å²) in [6.45, 7) is -1.77. The number of hydrogen-bond acceptors (Lipinski definition) is 4. The molecule has 0 unspecified atom stereocenters. The van der Waals surface area contributed by atoms with E-state index < -0.39 is 60.6 Å².